The minimum absolute atomic E-state index is 0.0434. The number of anilines is 1. The lowest BCUT2D eigenvalue weighted by Gasteiger charge is -2.11. The number of rotatable bonds is 6. The quantitative estimate of drug-likeness (QED) is 0.845. The molecule has 1 N–H and O–H groups in total. The highest BCUT2D eigenvalue weighted by Crippen LogP contribution is 2.21. The van der Waals surface area contributed by atoms with E-state index >= 15 is 0 Å². The zero-order valence-electron chi connectivity index (χ0n) is 11.6. The van der Waals surface area contributed by atoms with Gasteiger partial charge < -0.3 is 14.6 Å². The fourth-order valence-electron chi connectivity index (χ4n) is 1.88. The highest BCUT2D eigenvalue weighted by atomic mass is 79.9. The van der Waals surface area contributed by atoms with Crippen LogP contribution in [0.5, 0.6) is 0 Å². The third-order valence-corrected chi connectivity index (χ3v) is 3.87. The molecule has 0 fully saturated rings. The highest BCUT2D eigenvalue weighted by molar-refractivity contribution is 9.10. The van der Waals surface area contributed by atoms with Crippen LogP contribution in [0.15, 0.2) is 45.8 Å². The molecule has 0 unspecified atom stereocenters. The Bertz CT molecular complexity index is 673. The Kier molecular flexibility index (Phi) is 5.85. The fourth-order valence-corrected chi connectivity index (χ4v) is 2.47. The van der Waals surface area contributed by atoms with Crippen molar-refractivity contribution < 1.29 is 4.74 Å². The Balaban J connectivity index is 2.09. The summed E-state index contributed by atoms with van der Waals surface area (Å²) in [5.74, 6) is 0. The van der Waals surface area contributed by atoms with Gasteiger partial charge in [-0.15, -0.1) is 0 Å². The molecule has 1 aromatic carbocycles. The normalized spacial score (nSPS) is 10.6. The molecule has 0 saturated heterocycles. The predicted octanol–water partition coefficient (Wildman–Crippen LogP) is 3.52. The number of ether oxygens (including phenoxy) is 1. The lowest BCUT2D eigenvalue weighted by Crippen LogP contribution is -2.21. The molecule has 0 aliphatic carbocycles. The van der Waals surface area contributed by atoms with Crippen LogP contribution in [-0.2, 0) is 17.8 Å². The van der Waals surface area contributed by atoms with Crippen LogP contribution in [0.2, 0.25) is 5.02 Å². The van der Waals surface area contributed by atoms with Crippen LogP contribution in [0.25, 0.3) is 0 Å². The van der Waals surface area contributed by atoms with Gasteiger partial charge in [0, 0.05) is 42.0 Å². The van der Waals surface area contributed by atoms with Crippen LogP contribution in [0, 0.1) is 0 Å². The number of hydrogen-bond acceptors (Lipinski definition) is 3. The molecule has 0 atom stereocenters. The zero-order valence-corrected chi connectivity index (χ0v) is 13.9. The first-order valence-electron chi connectivity index (χ1n) is 6.47. The summed E-state index contributed by atoms with van der Waals surface area (Å²) in [6, 6.07) is 9.02. The number of nitrogens with one attached hydrogen (secondary N) is 1. The molecule has 0 spiro atoms. The van der Waals surface area contributed by atoms with Gasteiger partial charge in [-0.1, -0.05) is 27.5 Å². The molecule has 1 aromatic heterocycles. The lowest BCUT2D eigenvalue weighted by atomic mass is 10.2. The van der Waals surface area contributed by atoms with Crippen LogP contribution in [-0.4, -0.2) is 18.3 Å². The van der Waals surface area contributed by atoms with Crippen molar-refractivity contribution in [1.82, 2.24) is 4.57 Å². The molecule has 1 heterocycles. The Morgan fingerprint density at radius 1 is 1.33 bits per heavy atom. The highest BCUT2D eigenvalue weighted by Gasteiger charge is 2.03. The largest absolute Gasteiger partial charge is 0.383 e. The first-order chi connectivity index (χ1) is 10.1. The molecular weight excluding hydrogens is 356 g/mol. The molecule has 21 heavy (non-hydrogen) atoms. The molecular formula is C15H16BrClN2O2. The van der Waals surface area contributed by atoms with Gasteiger partial charge in [0.25, 0.3) is 5.56 Å². The predicted molar refractivity (Wildman–Crippen MR) is 89.1 cm³/mol. The van der Waals surface area contributed by atoms with Crippen molar-refractivity contribution in [3.8, 4) is 0 Å². The SMILES string of the molecule is COCCn1cc(NCc2cc(Br)ccc2Cl)ccc1=O. The van der Waals surface area contributed by atoms with Crippen LogP contribution in [0.3, 0.4) is 0 Å². The Hall–Kier alpha value is -1.30. The summed E-state index contributed by atoms with van der Waals surface area (Å²) >= 11 is 9.58. The summed E-state index contributed by atoms with van der Waals surface area (Å²) in [6.07, 6.45) is 1.78. The summed E-state index contributed by atoms with van der Waals surface area (Å²) in [6.45, 7) is 1.62. The van der Waals surface area contributed by atoms with Crippen molar-refractivity contribution in [3.05, 3.63) is 61.9 Å². The van der Waals surface area contributed by atoms with Gasteiger partial charge in [-0.2, -0.15) is 0 Å². The minimum Gasteiger partial charge on any atom is -0.383 e. The molecule has 2 aromatic rings. The van der Waals surface area contributed by atoms with Gasteiger partial charge in [-0.25, -0.2) is 0 Å². The fraction of sp³-hybridized carbons (Fsp3) is 0.267. The maximum absolute atomic E-state index is 11.7. The van der Waals surface area contributed by atoms with Crippen molar-refractivity contribution >= 4 is 33.2 Å². The van der Waals surface area contributed by atoms with E-state index in [9.17, 15) is 4.79 Å². The van der Waals surface area contributed by atoms with E-state index in [1.165, 1.54) is 0 Å². The second-order valence-corrected chi connectivity index (χ2v) is 5.85. The van der Waals surface area contributed by atoms with Crippen molar-refractivity contribution in [2.75, 3.05) is 19.0 Å². The van der Waals surface area contributed by atoms with Crippen LogP contribution in [0.1, 0.15) is 5.56 Å². The third-order valence-electron chi connectivity index (χ3n) is 3.01. The third kappa shape index (κ3) is 4.59. The van der Waals surface area contributed by atoms with E-state index < -0.39 is 0 Å². The van der Waals surface area contributed by atoms with E-state index in [1.54, 1.807) is 30.0 Å². The van der Waals surface area contributed by atoms with Crippen LogP contribution in [0.4, 0.5) is 5.69 Å². The van der Waals surface area contributed by atoms with E-state index in [4.69, 9.17) is 16.3 Å². The summed E-state index contributed by atoms with van der Waals surface area (Å²) < 4.78 is 7.60. The summed E-state index contributed by atoms with van der Waals surface area (Å²) in [5.41, 5.74) is 1.81. The van der Waals surface area contributed by atoms with Gasteiger partial charge in [-0.05, 0) is 29.8 Å². The minimum atomic E-state index is -0.0434. The number of aromatic nitrogens is 1. The molecule has 0 radical (unpaired) electrons. The molecule has 0 amide bonds. The second kappa shape index (κ2) is 7.64. The Labute approximate surface area is 136 Å². The van der Waals surface area contributed by atoms with Crippen molar-refractivity contribution in [2.45, 2.75) is 13.1 Å². The van der Waals surface area contributed by atoms with Gasteiger partial charge in [0.05, 0.1) is 12.3 Å². The van der Waals surface area contributed by atoms with Crippen molar-refractivity contribution in [2.24, 2.45) is 0 Å². The van der Waals surface area contributed by atoms with E-state index in [2.05, 4.69) is 21.2 Å². The number of hydrogen-bond donors (Lipinski definition) is 1. The number of nitrogens with zero attached hydrogens (tertiary/aromatic N) is 1. The molecule has 4 nitrogen and oxygen atoms in total. The number of pyridine rings is 1. The average molecular weight is 372 g/mol. The van der Waals surface area contributed by atoms with Gasteiger partial charge in [0.2, 0.25) is 0 Å². The summed E-state index contributed by atoms with van der Waals surface area (Å²) in [5, 5.41) is 3.97. The van der Waals surface area contributed by atoms with Gasteiger partial charge >= 0.3 is 0 Å². The van der Waals surface area contributed by atoms with Crippen molar-refractivity contribution in [3.63, 3.8) is 0 Å². The first-order valence-corrected chi connectivity index (χ1v) is 7.64. The standard InChI is InChI=1S/C15H16BrClN2O2/c1-21-7-6-19-10-13(3-5-15(19)20)18-9-11-8-12(16)2-4-14(11)17/h2-5,8,10,18H,6-7,9H2,1H3. The topological polar surface area (TPSA) is 43.3 Å². The average Bonchev–Trinajstić information content (AvgIpc) is 2.48. The van der Waals surface area contributed by atoms with E-state index in [-0.39, 0.29) is 5.56 Å². The number of benzene rings is 1. The maximum atomic E-state index is 11.7. The molecule has 112 valence electrons. The Morgan fingerprint density at radius 2 is 2.14 bits per heavy atom. The van der Waals surface area contributed by atoms with Crippen molar-refractivity contribution in [1.29, 1.82) is 0 Å². The molecule has 6 heteroatoms. The molecule has 2 rings (SSSR count). The van der Waals surface area contributed by atoms with E-state index in [1.807, 2.05) is 18.2 Å². The van der Waals surface area contributed by atoms with Gasteiger partial charge in [0.1, 0.15) is 0 Å². The van der Waals surface area contributed by atoms with Gasteiger partial charge in [0.15, 0.2) is 0 Å². The Morgan fingerprint density at radius 3 is 2.90 bits per heavy atom. The van der Waals surface area contributed by atoms with Crippen LogP contribution < -0.4 is 10.9 Å². The zero-order chi connectivity index (χ0) is 15.2. The van der Waals surface area contributed by atoms with Crippen LogP contribution >= 0.6 is 27.5 Å². The molecule has 0 aliphatic rings. The number of methoxy groups -OCH3 is 1. The first kappa shape index (κ1) is 16.1. The molecule has 0 bridgehead atoms. The summed E-state index contributed by atoms with van der Waals surface area (Å²) in [7, 11) is 1.61. The molecule has 0 aliphatic heterocycles. The smallest absolute Gasteiger partial charge is 0.250 e. The van der Waals surface area contributed by atoms with Gasteiger partial charge in [-0.3, -0.25) is 4.79 Å². The molecule has 0 saturated carbocycles. The second-order valence-electron chi connectivity index (χ2n) is 4.53. The lowest BCUT2D eigenvalue weighted by molar-refractivity contribution is 0.186. The number of halogens is 2. The summed E-state index contributed by atoms with van der Waals surface area (Å²) in [4.78, 5) is 11.7. The maximum Gasteiger partial charge on any atom is 0.250 e. The van der Waals surface area contributed by atoms with E-state index in [0.29, 0.717) is 24.7 Å². The van der Waals surface area contributed by atoms with E-state index in [0.717, 1.165) is 15.7 Å². The monoisotopic (exact) mass is 370 g/mol.